The number of hydrogen-bond acceptors (Lipinski definition) is 1. The molecule has 76 valence electrons. The Bertz CT molecular complexity index is 369. The predicted molar refractivity (Wildman–Crippen MR) is 55.8 cm³/mol. The summed E-state index contributed by atoms with van der Waals surface area (Å²) in [5, 5.41) is 3.26. The molecule has 2 rings (SSSR count). The summed E-state index contributed by atoms with van der Waals surface area (Å²) in [6, 6.07) is 1.69. The fourth-order valence-electron chi connectivity index (χ4n) is 2.34. The van der Waals surface area contributed by atoms with Gasteiger partial charge in [-0.05, 0) is 41.2 Å². The van der Waals surface area contributed by atoms with Crippen LogP contribution < -0.4 is 5.32 Å². The second-order valence-corrected chi connectivity index (χ2v) is 4.29. The SMILES string of the molecule is Cc1c2c(cc(F)c1C(C)C)CNC2. The van der Waals surface area contributed by atoms with Crippen molar-refractivity contribution in [1.82, 2.24) is 5.32 Å². The molecule has 14 heavy (non-hydrogen) atoms. The normalized spacial score (nSPS) is 14.9. The van der Waals surface area contributed by atoms with Gasteiger partial charge in [-0.15, -0.1) is 0 Å². The number of hydrogen-bond donors (Lipinski definition) is 1. The first-order chi connectivity index (χ1) is 6.61. The van der Waals surface area contributed by atoms with Crippen molar-refractivity contribution in [1.29, 1.82) is 0 Å². The van der Waals surface area contributed by atoms with Gasteiger partial charge in [0.2, 0.25) is 0 Å². The smallest absolute Gasteiger partial charge is 0.127 e. The minimum Gasteiger partial charge on any atom is -0.309 e. The summed E-state index contributed by atoms with van der Waals surface area (Å²) in [6.45, 7) is 7.82. The highest BCUT2D eigenvalue weighted by molar-refractivity contribution is 5.44. The van der Waals surface area contributed by atoms with Crippen molar-refractivity contribution in [3.05, 3.63) is 34.1 Å². The standard InChI is InChI=1S/C12H16FN/c1-7(2)12-8(3)10-6-14-5-9(10)4-11(12)13/h4,7,14H,5-6H2,1-3H3. The molecule has 0 radical (unpaired) electrons. The molecule has 0 amide bonds. The Morgan fingerprint density at radius 2 is 2.07 bits per heavy atom. The van der Waals surface area contributed by atoms with Crippen LogP contribution >= 0.6 is 0 Å². The van der Waals surface area contributed by atoms with Gasteiger partial charge in [0.05, 0.1) is 0 Å². The van der Waals surface area contributed by atoms with E-state index in [1.165, 1.54) is 5.56 Å². The van der Waals surface area contributed by atoms with Crippen molar-refractivity contribution in [3.8, 4) is 0 Å². The van der Waals surface area contributed by atoms with E-state index in [9.17, 15) is 4.39 Å². The molecule has 0 spiro atoms. The molecular formula is C12H16FN. The summed E-state index contributed by atoms with van der Waals surface area (Å²) < 4.78 is 13.7. The fraction of sp³-hybridized carbons (Fsp3) is 0.500. The van der Waals surface area contributed by atoms with Crippen molar-refractivity contribution in [2.75, 3.05) is 0 Å². The molecule has 0 unspecified atom stereocenters. The van der Waals surface area contributed by atoms with E-state index in [-0.39, 0.29) is 11.7 Å². The van der Waals surface area contributed by atoms with Crippen molar-refractivity contribution in [2.24, 2.45) is 0 Å². The first-order valence-corrected chi connectivity index (χ1v) is 5.12. The molecule has 1 aromatic rings. The second-order valence-electron chi connectivity index (χ2n) is 4.29. The number of rotatable bonds is 1. The number of halogens is 1. The summed E-state index contributed by atoms with van der Waals surface area (Å²) in [4.78, 5) is 0. The van der Waals surface area contributed by atoms with Gasteiger partial charge in [-0.25, -0.2) is 4.39 Å². The summed E-state index contributed by atoms with van der Waals surface area (Å²) in [7, 11) is 0. The van der Waals surface area contributed by atoms with E-state index in [4.69, 9.17) is 0 Å². The molecule has 0 bridgehead atoms. The monoisotopic (exact) mass is 193 g/mol. The molecule has 1 heterocycles. The molecule has 0 saturated carbocycles. The maximum atomic E-state index is 13.7. The summed E-state index contributed by atoms with van der Waals surface area (Å²) >= 11 is 0. The van der Waals surface area contributed by atoms with Crippen molar-refractivity contribution < 1.29 is 4.39 Å². The van der Waals surface area contributed by atoms with Gasteiger partial charge in [-0.1, -0.05) is 13.8 Å². The molecule has 0 atom stereocenters. The van der Waals surface area contributed by atoms with Crippen LogP contribution in [-0.4, -0.2) is 0 Å². The number of nitrogens with one attached hydrogen (secondary N) is 1. The zero-order valence-corrected chi connectivity index (χ0v) is 8.95. The minimum absolute atomic E-state index is 0.0417. The maximum absolute atomic E-state index is 13.7. The van der Waals surface area contributed by atoms with Crippen molar-refractivity contribution in [3.63, 3.8) is 0 Å². The predicted octanol–water partition coefficient (Wildman–Crippen LogP) is 2.86. The highest BCUT2D eigenvalue weighted by Gasteiger charge is 2.19. The van der Waals surface area contributed by atoms with Gasteiger partial charge in [0.15, 0.2) is 0 Å². The Balaban J connectivity index is 2.62. The Kier molecular flexibility index (Phi) is 2.31. The third-order valence-electron chi connectivity index (χ3n) is 3.00. The van der Waals surface area contributed by atoms with Crippen LogP contribution in [0.3, 0.4) is 0 Å². The highest BCUT2D eigenvalue weighted by atomic mass is 19.1. The topological polar surface area (TPSA) is 12.0 Å². The molecule has 1 aliphatic heterocycles. The average molecular weight is 193 g/mol. The van der Waals surface area contributed by atoms with Gasteiger partial charge in [0.1, 0.15) is 5.82 Å². The zero-order valence-electron chi connectivity index (χ0n) is 8.95. The molecule has 0 saturated heterocycles. The van der Waals surface area contributed by atoms with Gasteiger partial charge in [-0.2, -0.15) is 0 Å². The van der Waals surface area contributed by atoms with Gasteiger partial charge in [0.25, 0.3) is 0 Å². The largest absolute Gasteiger partial charge is 0.309 e. The van der Waals surface area contributed by atoms with Gasteiger partial charge >= 0.3 is 0 Å². The van der Waals surface area contributed by atoms with Crippen LogP contribution in [0.2, 0.25) is 0 Å². The molecule has 0 fully saturated rings. The average Bonchev–Trinajstić information content (AvgIpc) is 2.50. The Morgan fingerprint density at radius 3 is 2.71 bits per heavy atom. The second kappa shape index (κ2) is 3.35. The van der Waals surface area contributed by atoms with Crippen LogP contribution in [0.1, 0.15) is 42.0 Å². The molecule has 0 aliphatic carbocycles. The van der Waals surface area contributed by atoms with E-state index in [0.717, 1.165) is 29.8 Å². The van der Waals surface area contributed by atoms with E-state index in [0.29, 0.717) is 0 Å². The molecule has 1 aromatic carbocycles. The third kappa shape index (κ3) is 1.34. The lowest BCUT2D eigenvalue weighted by atomic mass is 9.91. The van der Waals surface area contributed by atoms with Gasteiger partial charge in [-0.3, -0.25) is 0 Å². The van der Waals surface area contributed by atoms with Gasteiger partial charge < -0.3 is 5.32 Å². The lowest BCUT2D eigenvalue weighted by Gasteiger charge is -2.14. The quantitative estimate of drug-likeness (QED) is 0.723. The summed E-state index contributed by atoms with van der Waals surface area (Å²) in [5.41, 5.74) is 4.45. The Hall–Kier alpha value is -0.890. The van der Waals surface area contributed by atoms with Crippen LogP contribution in [0.4, 0.5) is 4.39 Å². The van der Waals surface area contributed by atoms with Crippen LogP contribution in [-0.2, 0) is 13.1 Å². The van der Waals surface area contributed by atoms with E-state index in [2.05, 4.69) is 5.32 Å². The minimum atomic E-state index is -0.0417. The maximum Gasteiger partial charge on any atom is 0.127 e. The highest BCUT2D eigenvalue weighted by Crippen LogP contribution is 2.29. The van der Waals surface area contributed by atoms with E-state index in [1.54, 1.807) is 6.07 Å². The third-order valence-corrected chi connectivity index (χ3v) is 3.00. The molecule has 1 nitrogen and oxygen atoms in total. The Morgan fingerprint density at radius 1 is 1.36 bits per heavy atom. The van der Waals surface area contributed by atoms with E-state index < -0.39 is 0 Å². The lowest BCUT2D eigenvalue weighted by Crippen LogP contribution is -2.02. The fourth-order valence-corrected chi connectivity index (χ4v) is 2.34. The van der Waals surface area contributed by atoms with Crippen molar-refractivity contribution >= 4 is 0 Å². The van der Waals surface area contributed by atoms with Crippen LogP contribution in [0.25, 0.3) is 0 Å². The van der Waals surface area contributed by atoms with Gasteiger partial charge in [0, 0.05) is 13.1 Å². The first kappa shape index (κ1) is 9.66. The number of fused-ring (bicyclic) bond motifs is 1. The Labute approximate surface area is 84.3 Å². The van der Waals surface area contributed by atoms with Crippen LogP contribution in [0.15, 0.2) is 6.07 Å². The van der Waals surface area contributed by atoms with Crippen LogP contribution in [0, 0.1) is 12.7 Å². The molecule has 1 N–H and O–H groups in total. The van der Waals surface area contributed by atoms with Crippen molar-refractivity contribution in [2.45, 2.75) is 39.8 Å². The number of benzene rings is 1. The lowest BCUT2D eigenvalue weighted by molar-refractivity contribution is 0.593. The van der Waals surface area contributed by atoms with E-state index in [1.807, 2.05) is 20.8 Å². The summed E-state index contributed by atoms with van der Waals surface area (Å²) in [5.74, 6) is 0.223. The zero-order chi connectivity index (χ0) is 10.3. The van der Waals surface area contributed by atoms with E-state index >= 15 is 0 Å². The first-order valence-electron chi connectivity index (χ1n) is 5.12. The molecule has 2 heteroatoms. The van der Waals surface area contributed by atoms with Crippen LogP contribution in [0.5, 0.6) is 0 Å². The molecular weight excluding hydrogens is 177 g/mol. The summed E-state index contributed by atoms with van der Waals surface area (Å²) in [6.07, 6.45) is 0. The molecule has 1 aliphatic rings. The molecule has 0 aromatic heterocycles.